The molecule has 0 aliphatic carbocycles. The smallest absolute Gasteiger partial charge is 0.271 e. The topological polar surface area (TPSA) is 89.5 Å². The second kappa shape index (κ2) is 7.47. The molecule has 0 saturated carbocycles. The number of nitrogens with zero attached hydrogens (tertiary/aromatic N) is 2. The fourth-order valence-corrected chi connectivity index (χ4v) is 3.07. The minimum Gasteiger partial charge on any atom is -0.368 e. The predicted molar refractivity (Wildman–Crippen MR) is 105 cm³/mol. The van der Waals surface area contributed by atoms with Crippen LogP contribution in [0.5, 0.6) is 0 Å². The summed E-state index contributed by atoms with van der Waals surface area (Å²) in [7, 11) is 0. The van der Waals surface area contributed by atoms with Crippen LogP contribution in [-0.2, 0) is 11.3 Å². The molecule has 3 rings (SSSR count). The Morgan fingerprint density at radius 3 is 2.76 bits per heavy atom. The lowest BCUT2D eigenvalue weighted by atomic mass is 10.2. The number of para-hydroxylation sites is 1. The van der Waals surface area contributed by atoms with E-state index in [1.807, 2.05) is 36.4 Å². The van der Waals surface area contributed by atoms with Crippen LogP contribution >= 0.6 is 22.6 Å². The van der Waals surface area contributed by atoms with Gasteiger partial charge < -0.3 is 10.3 Å². The Hall–Kier alpha value is -2.68. The van der Waals surface area contributed by atoms with Crippen LogP contribution in [0.4, 0.5) is 0 Å². The Balaban J connectivity index is 1.81. The Labute approximate surface area is 157 Å². The maximum absolute atomic E-state index is 12.1. The van der Waals surface area contributed by atoms with E-state index in [9.17, 15) is 9.59 Å². The van der Waals surface area contributed by atoms with Crippen molar-refractivity contribution in [3.8, 4) is 0 Å². The van der Waals surface area contributed by atoms with Crippen molar-refractivity contribution in [1.82, 2.24) is 9.99 Å². The highest BCUT2D eigenvalue weighted by Crippen LogP contribution is 2.19. The van der Waals surface area contributed by atoms with E-state index in [0.717, 1.165) is 20.0 Å². The van der Waals surface area contributed by atoms with E-state index in [1.165, 1.54) is 0 Å². The first-order chi connectivity index (χ1) is 12.0. The lowest BCUT2D eigenvalue weighted by Gasteiger charge is -2.00. The number of halogens is 1. The third-order valence-corrected chi connectivity index (χ3v) is 4.27. The summed E-state index contributed by atoms with van der Waals surface area (Å²) in [6, 6.07) is 14.9. The number of rotatable bonds is 5. The Morgan fingerprint density at radius 2 is 2.00 bits per heavy atom. The van der Waals surface area contributed by atoms with E-state index in [-0.39, 0.29) is 12.5 Å². The molecule has 6 nitrogen and oxygen atoms in total. The van der Waals surface area contributed by atoms with E-state index in [4.69, 9.17) is 5.73 Å². The van der Waals surface area contributed by atoms with E-state index < -0.39 is 5.91 Å². The molecule has 3 N–H and O–H groups in total. The van der Waals surface area contributed by atoms with Crippen molar-refractivity contribution >= 4 is 51.5 Å². The van der Waals surface area contributed by atoms with Gasteiger partial charge >= 0.3 is 0 Å². The fraction of sp³-hybridized carbons (Fsp3) is 0.0556. The number of benzene rings is 2. The van der Waals surface area contributed by atoms with Crippen molar-refractivity contribution in [2.45, 2.75) is 6.54 Å². The molecule has 2 aromatic carbocycles. The van der Waals surface area contributed by atoms with Gasteiger partial charge in [-0.05, 0) is 46.9 Å². The lowest BCUT2D eigenvalue weighted by Crippen LogP contribution is -2.18. The molecule has 0 saturated heterocycles. The molecule has 0 radical (unpaired) electrons. The van der Waals surface area contributed by atoms with Gasteiger partial charge in [0, 0.05) is 31.8 Å². The van der Waals surface area contributed by atoms with Crippen LogP contribution in [-0.4, -0.2) is 22.6 Å². The maximum atomic E-state index is 12.1. The monoisotopic (exact) mass is 446 g/mol. The molecule has 1 heterocycles. The first-order valence-corrected chi connectivity index (χ1v) is 8.57. The summed E-state index contributed by atoms with van der Waals surface area (Å²) in [4.78, 5) is 23.3. The number of fused-ring (bicyclic) bond motifs is 1. The van der Waals surface area contributed by atoms with Crippen LogP contribution in [0.3, 0.4) is 0 Å². The summed E-state index contributed by atoms with van der Waals surface area (Å²) in [6.45, 7) is 0.0865. The molecule has 3 aromatic rings. The molecule has 0 atom stereocenters. The van der Waals surface area contributed by atoms with Gasteiger partial charge in [0.1, 0.15) is 6.54 Å². The molecule has 2 amide bonds. The number of aromatic nitrogens is 1. The lowest BCUT2D eigenvalue weighted by molar-refractivity contribution is -0.118. The molecule has 1 aromatic heterocycles. The third kappa shape index (κ3) is 4.05. The van der Waals surface area contributed by atoms with Crippen molar-refractivity contribution in [1.29, 1.82) is 0 Å². The Morgan fingerprint density at radius 1 is 1.20 bits per heavy atom. The molecule has 0 aliphatic heterocycles. The van der Waals surface area contributed by atoms with Gasteiger partial charge in [-0.1, -0.05) is 24.3 Å². The van der Waals surface area contributed by atoms with Crippen molar-refractivity contribution in [3.05, 3.63) is 69.4 Å². The van der Waals surface area contributed by atoms with Gasteiger partial charge in [0.05, 0.1) is 6.21 Å². The molecular formula is C18H15IN4O2. The first-order valence-electron chi connectivity index (χ1n) is 7.50. The highest BCUT2D eigenvalue weighted by atomic mass is 127. The van der Waals surface area contributed by atoms with Gasteiger partial charge in [0.2, 0.25) is 5.91 Å². The average molecular weight is 446 g/mol. The first kappa shape index (κ1) is 17.2. The number of carbonyl (C=O) groups excluding carboxylic acids is 2. The molecule has 0 spiro atoms. The third-order valence-electron chi connectivity index (χ3n) is 3.60. The predicted octanol–water partition coefficient (Wildman–Crippen LogP) is 2.50. The van der Waals surface area contributed by atoms with Crippen LogP contribution < -0.4 is 11.2 Å². The van der Waals surface area contributed by atoms with Gasteiger partial charge in [0.25, 0.3) is 5.91 Å². The van der Waals surface area contributed by atoms with E-state index in [2.05, 4.69) is 33.1 Å². The van der Waals surface area contributed by atoms with Crippen LogP contribution in [0.15, 0.2) is 59.8 Å². The summed E-state index contributed by atoms with van der Waals surface area (Å²) in [5.74, 6) is -0.702. The van der Waals surface area contributed by atoms with Crippen molar-refractivity contribution in [2.24, 2.45) is 10.8 Å². The minimum atomic E-state index is -0.420. The molecule has 0 unspecified atom stereocenters. The quantitative estimate of drug-likeness (QED) is 0.358. The Kier molecular flexibility index (Phi) is 5.13. The number of hydrogen-bond donors (Lipinski definition) is 2. The molecule has 0 aliphatic rings. The van der Waals surface area contributed by atoms with Crippen LogP contribution in [0.25, 0.3) is 10.9 Å². The van der Waals surface area contributed by atoms with Crippen molar-refractivity contribution < 1.29 is 9.59 Å². The number of carbonyl (C=O) groups is 2. The van der Waals surface area contributed by atoms with Gasteiger partial charge in [-0.2, -0.15) is 5.10 Å². The van der Waals surface area contributed by atoms with Gasteiger partial charge in [-0.25, -0.2) is 5.43 Å². The molecule has 0 bridgehead atoms. The summed E-state index contributed by atoms with van der Waals surface area (Å²) in [5, 5.41) is 4.96. The molecule has 7 heteroatoms. The van der Waals surface area contributed by atoms with Gasteiger partial charge in [-0.3, -0.25) is 9.59 Å². The van der Waals surface area contributed by atoms with E-state index >= 15 is 0 Å². The second-order valence-electron chi connectivity index (χ2n) is 5.41. The number of hydrazone groups is 1. The number of nitrogens with two attached hydrogens (primary N) is 1. The van der Waals surface area contributed by atoms with Crippen LogP contribution in [0.1, 0.15) is 15.9 Å². The summed E-state index contributed by atoms with van der Waals surface area (Å²) in [6.07, 6.45) is 3.35. The van der Waals surface area contributed by atoms with Crippen molar-refractivity contribution in [3.63, 3.8) is 0 Å². The van der Waals surface area contributed by atoms with Crippen LogP contribution in [0, 0.1) is 3.57 Å². The van der Waals surface area contributed by atoms with Gasteiger partial charge in [0.15, 0.2) is 0 Å². The average Bonchev–Trinajstić information content (AvgIpc) is 2.92. The van der Waals surface area contributed by atoms with E-state index in [0.29, 0.717) is 5.56 Å². The normalized spacial score (nSPS) is 11.1. The molecular weight excluding hydrogens is 431 g/mol. The van der Waals surface area contributed by atoms with Crippen molar-refractivity contribution in [2.75, 3.05) is 0 Å². The fourth-order valence-electron chi connectivity index (χ4n) is 2.53. The van der Waals surface area contributed by atoms with Crippen LogP contribution in [0.2, 0.25) is 0 Å². The number of amides is 2. The zero-order chi connectivity index (χ0) is 17.8. The summed E-state index contributed by atoms with van der Waals surface area (Å²) >= 11 is 2.15. The second-order valence-corrected chi connectivity index (χ2v) is 6.65. The number of nitrogens with one attached hydrogen (secondary N) is 1. The largest absolute Gasteiger partial charge is 0.368 e. The zero-order valence-corrected chi connectivity index (χ0v) is 15.3. The maximum Gasteiger partial charge on any atom is 0.271 e. The zero-order valence-electron chi connectivity index (χ0n) is 13.1. The van der Waals surface area contributed by atoms with Gasteiger partial charge in [-0.15, -0.1) is 0 Å². The molecule has 126 valence electrons. The standard InChI is InChI=1S/C18H15IN4O2/c19-14-5-3-4-12(8-14)18(25)22-21-9-13-10-23(11-17(20)24)16-7-2-1-6-15(13)16/h1-10H,11H2,(H2,20,24)(H,22,25). The summed E-state index contributed by atoms with van der Waals surface area (Å²) in [5.41, 5.74) is 10.0. The highest BCUT2D eigenvalue weighted by molar-refractivity contribution is 14.1. The molecule has 0 fully saturated rings. The number of hydrogen-bond acceptors (Lipinski definition) is 3. The van der Waals surface area contributed by atoms with E-state index in [1.54, 1.807) is 29.1 Å². The number of primary amides is 1. The SMILES string of the molecule is NC(=O)Cn1cc(C=NNC(=O)c2cccc(I)c2)c2ccccc21. The molecule has 25 heavy (non-hydrogen) atoms. The summed E-state index contributed by atoms with van der Waals surface area (Å²) < 4.78 is 2.74. The highest BCUT2D eigenvalue weighted by Gasteiger charge is 2.08. The Bertz CT molecular complexity index is 978. The minimum absolute atomic E-state index is 0.0865.